The van der Waals surface area contributed by atoms with Gasteiger partial charge in [-0.3, -0.25) is 9.78 Å². The number of hydrogen-bond donors (Lipinski definition) is 0. The number of pyridine rings is 2. The summed E-state index contributed by atoms with van der Waals surface area (Å²) >= 11 is 0. The Morgan fingerprint density at radius 1 is 1.19 bits per heavy atom. The fourth-order valence-corrected chi connectivity index (χ4v) is 1.39. The predicted octanol–water partition coefficient (Wildman–Crippen LogP) is -1.86. The summed E-state index contributed by atoms with van der Waals surface area (Å²) in [5.41, 5.74) is 1.11. The molecule has 2 aromatic heterocycles. The molecular formula is C12H11IN2O. The van der Waals surface area contributed by atoms with Gasteiger partial charge in [0.15, 0.2) is 6.20 Å². The summed E-state index contributed by atoms with van der Waals surface area (Å²) in [4.78, 5) is 16.0. The Hall–Kier alpha value is -1.30. The van der Waals surface area contributed by atoms with Crippen LogP contribution in [0.3, 0.4) is 0 Å². The maximum absolute atomic E-state index is 12.0. The van der Waals surface area contributed by atoms with Crippen molar-refractivity contribution in [2.45, 2.75) is 0 Å². The lowest BCUT2D eigenvalue weighted by Gasteiger charge is -1.97. The van der Waals surface area contributed by atoms with Crippen LogP contribution in [-0.2, 0) is 7.05 Å². The summed E-state index contributed by atoms with van der Waals surface area (Å²) in [7, 11) is 1.84. The molecule has 0 N–H and O–H groups in total. The lowest BCUT2D eigenvalue weighted by atomic mass is 10.2. The number of hydrogen-bond acceptors (Lipinski definition) is 2. The third-order valence-electron chi connectivity index (χ3n) is 2.19. The lowest BCUT2D eigenvalue weighted by Crippen LogP contribution is -3.00. The van der Waals surface area contributed by atoms with Crippen LogP contribution in [0, 0.1) is 0 Å². The lowest BCUT2D eigenvalue weighted by molar-refractivity contribution is -0.673. The zero-order chi connectivity index (χ0) is 10.7. The fraction of sp³-hybridized carbons (Fsp3) is 0.0833. The predicted molar refractivity (Wildman–Crippen MR) is 55.3 cm³/mol. The van der Waals surface area contributed by atoms with Crippen LogP contribution in [0.4, 0.5) is 0 Å². The van der Waals surface area contributed by atoms with E-state index in [9.17, 15) is 4.79 Å². The van der Waals surface area contributed by atoms with E-state index in [1.54, 1.807) is 29.0 Å². The van der Waals surface area contributed by atoms with Crippen molar-refractivity contribution >= 4 is 5.78 Å². The molecule has 0 saturated carbocycles. The second-order valence-corrected chi connectivity index (χ2v) is 3.24. The number of aryl methyl sites for hydroxylation is 1. The Morgan fingerprint density at radius 3 is 2.56 bits per heavy atom. The van der Waals surface area contributed by atoms with Gasteiger partial charge < -0.3 is 24.0 Å². The first-order valence-electron chi connectivity index (χ1n) is 4.69. The summed E-state index contributed by atoms with van der Waals surface area (Å²) in [6, 6.07) is 10.8. The van der Waals surface area contributed by atoms with Crippen LogP contribution in [0.15, 0.2) is 48.8 Å². The molecule has 0 spiro atoms. The van der Waals surface area contributed by atoms with Gasteiger partial charge in [0.2, 0.25) is 0 Å². The van der Waals surface area contributed by atoms with Crippen molar-refractivity contribution in [2.24, 2.45) is 7.05 Å². The molecule has 4 heteroatoms. The quantitative estimate of drug-likeness (QED) is 0.369. The molecule has 0 saturated heterocycles. The van der Waals surface area contributed by atoms with Crippen LogP contribution >= 0.6 is 0 Å². The molecule has 0 bridgehead atoms. The highest BCUT2D eigenvalue weighted by atomic mass is 127. The van der Waals surface area contributed by atoms with E-state index in [0.29, 0.717) is 11.4 Å². The van der Waals surface area contributed by atoms with Crippen molar-refractivity contribution in [2.75, 3.05) is 0 Å². The largest absolute Gasteiger partial charge is 1.00 e. The minimum atomic E-state index is -0.0568. The van der Waals surface area contributed by atoms with E-state index in [1.807, 2.05) is 31.4 Å². The molecule has 0 radical (unpaired) electrons. The maximum atomic E-state index is 12.0. The SMILES string of the molecule is C[n+]1ccccc1C(=O)c1ccccn1.[I-]. The maximum Gasteiger partial charge on any atom is 0.274 e. The topological polar surface area (TPSA) is 33.8 Å². The summed E-state index contributed by atoms with van der Waals surface area (Å²) in [6.07, 6.45) is 3.46. The van der Waals surface area contributed by atoms with E-state index in [4.69, 9.17) is 0 Å². The van der Waals surface area contributed by atoms with E-state index in [1.165, 1.54) is 0 Å². The van der Waals surface area contributed by atoms with Crippen LogP contribution in [0.2, 0.25) is 0 Å². The Labute approximate surface area is 111 Å². The van der Waals surface area contributed by atoms with Gasteiger partial charge in [0.25, 0.3) is 11.5 Å². The van der Waals surface area contributed by atoms with E-state index in [2.05, 4.69) is 4.98 Å². The highest BCUT2D eigenvalue weighted by Crippen LogP contribution is 2.01. The number of carbonyl (C=O) groups excluding carboxylic acids is 1. The van der Waals surface area contributed by atoms with Gasteiger partial charge in [-0.1, -0.05) is 6.07 Å². The van der Waals surface area contributed by atoms with Gasteiger partial charge in [0, 0.05) is 18.3 Å². The molecule has 3 nitrogen and oxygen atoms in total. The van der Waals surface area contributed by atoms with Gasteiger partial charge in [0.1, 0.15) is 12.7 Å². The van der Waals surface area contributed by atoms with Crippen LogP contribution in [-0.4, -0.2) is 10.8 Å². The molecule has 0 amide bonds. The highest BCUT2D eigenvalue weighted by molar-refractivity contribution is 6.05. The zero-order valence-electron chi connectivity index (χ0n) is 8.80. The van der Waals surface area contributed by atoms with Crippen molar-refractivity contribution in [1.82, 2.24) is 4.98 Å². The average Bonchev–Trinajstić information content (AvgIpc) is 2.30. The van der Waals surface area contributed by atoms with Crippen LogP contribution in [0.5, 0.6) is 0 Å². The molecule has 0 fully saturated rings. The van der Waals surface area contributed by atoms with Gasteiger partial charge in [0.05, 0.1) is 0 Å². The van der Waals surface area contributed by atoms with Crippen molar-refractivity contribution < 1.29 is 33.3 Å². The van der Waals surface area contributed by atoms with Gasteiger partial charge in [-0.05, 0) is 18.2 Å². The monoisotopic (exact) mass is 326 g/mol. The standard InChI is InChI=1S/C12H11N2O.HI/c1-14-9-5-3-7-11(14)12(15)10-6-2-4-8-13-10;/h2-9H,1H3;1H/q+1;/p-1. The molecule has 2 heterocycles. The van der Waals surface area contributed by atoms with Gasteiger partial charge >= 0.3 is 0 Å². The zero-order valence-corrected chi connectivity index (χ0v) is 11.0. The van der Waals surface area contributed by atoms with Crippen LogP contribution in [0.25, 0.3) is 0 Å². The van der Waals surface area contributed by atoms with Gasteiger partial charge in [-0.15, -0.1) is 0 Å². The molecule has 0 atom stereocenters. The first kappa shape index (κ1) is 12.8. The Kier molecular flexibility index (Phi) is 4.54. The second-order valence-electron chi connectivity index (χ2n) is 3.24. The molecule has 2 rings (SSSR count). The van der Waals surface area contributed by atoms with Crippen molar-refractivity contribution in [3.05, 3.63) is 60.2 Å². The molecule has 0 aliphatic carbocycles. The molecular weight excluding hydrogens is 315 g/mol. The normalized spacial score (nSPS) is 9.31. The van der Waals surface area contributed by atoms with Crippen LogP contribution in [0.1, 0.15) is 16.2 Å². The summed E-state index contributed by atoms with van der Waals surface area (Å²) < 4.78 is 1.79. The second kappa shape index (κ2) is 5.69. The summed E-state index contributed by atoms with van der Waals surface area (Å²) in [5.74, 6) is -0.0568. The number of nitrogens with zero attached hydrogens (tertiary/aromatic N) is 2. The fourth-order valence-electron chi connectivity index (χ4n) is 1.39. The number of rotatable bonds is 2. The Morgan fingerprint density at radius 2 is 1.94 bits per heavy atom. The minimum Gasteiger partial charge on any atom is -1.00 e. The third-order valence-corrected chi connectivity index (χ3v) is 2.19. The van der Waals surface area contributed by atoms with Crippen molar-refractivity contribution in [3.8, 4) is 0 Å². The number of ketones is 1. The number of aromatic nitrogens is 2. The van der Waals surface area contributed by atoms with E-state index in [0.717, 1.165) is 0 Å². The van der Waals surface area contributed by atoms with E-state index in [-0.39, 0.29) is 29.8 Å². The summed E-state index contributed by atoms with van der Waals surface area (Å²) in [5, 5.41) is 0. The van der Waals surface area contributed by atoms with E-state index < -0.39 is 0 Å². The summed E-state index contributed by atoms with van der Waals surface area (Å²) in [6.45, 7) is 0. The first-order valence-corrected chi connectivity index (χ1v) is 4.69. The average molecular weight is 326 g/mol. The van der Waals surface area contributed by atoms with Crippen molar-refractivity contribution in [1.29, 1.82) is 0 Å². The minimum absolute atomic E-state index is 0. The van der Waals surface area contributed by atoms with Gasteiger partial charge in [-0.2, -0.15) is 4.57 Å². The Bertz CT molecular complexity index is 485. The van der Waals surface area contributed by atoms with Crippen LogP contribution < -0.4 is 28.5 Å². The molecule has 0 unspecified atom stereocenters. The molecule has 16 heavy (non-hydrogen) atoms. The molecule has 0 aromatic carbocycles. The molecule has 0 aliphatic rings. The smallest absolute Gasteiger partial charge is 0.274 e. The first-order chi connectivity index (χ1) is 7.29. The highest BCUT2D eigenvalue weighted by Gasteiger charge is 2.18. The van der Waals surface area contributed by atoms with Gasteiger partial charge in [-0.25, -0.2) is 0 Å². The number of carbonyl (C=O) groups is 1. The number of halogens is 1. The molecule has 0 aliphatic heterocycles. The Balaban J connectivity index is 0.00000128. The van der Waals surface area contributed by atoms with E-state index >= 15 is 0 Å². The third kappa shape index (κ3) is 2.63. The molecule has 82 valence electrons. The molecule has 2 aromatic rings. The van der Waals surface area contributed by atoms with Crippen molar-refractivity contribution in [3.63, 3.8) is 0 Å².